The Morgan fingerprint density at radius 3 is 2.59 bits per heavy atom. The number of pyridine rings is 1. The molecule has 8 heteroatoms. The number of aromatic nitrogens is 1. The van der Waals surface area contributed by atoms with Gasteiger partial charge >= 0.3 is 6.09 Å². The maximum atomic E-state index is 13.3. The lowest BCUT2D eigenvalue weighted by Crippen LogP contribution is -2.55. The van der Waals surface area contributed by atoms with Gasteiger partial charge in [0.25, 0.3) is 5.91 Å². The van der Waals surface area contributed by atoms with Crippen LogP contribution in [0.4, 0.5) is 4.79 Å². The van der Waals surface area contributed by atoms with Crippen LogP contribution in [0.25, 0.3) is 22.2 Å². The van der Waals surface area contributed by atoms with E-state index in [1.165, 1.54) is 0 Å². The summed E-state index contributed by atoms with van der Waals surface area (Å²) in [6, 6.07) is 15.0. The van der Waals surface area contributed by atoms with Crippen LogP contribution in [-0.4, -0.2) is 59.1 Å². The van der Waals surface area contributed by atoms with Gasteiger partial charge in [0.05, 0.1) is 22.8 Å². The van der Waals surface area contributed by atoms with Crippen molar-refractivity contribution in [1.82, 2.24) is 14.8 Å². The monoisotopic (exact) mass is 480 g/mol. The van der Waals surface area contributed by atoms with Gasteiger partial charge in [-0.2, -0.15) is 0 Å². The second kappa shape index (κ2) is 10.4. The molecule has 0 radical (unpaired) electrons. The van der Waals surface area contributed by atoms with E-state index in [2.05, 4.69) is 0 Å². The lowest BCUT2D eigenvalue weighted by atomic mass is 10.1. The van der Waals surface area contributed by atoms with Crippen LogP contribution in [0.5, 0.6) is 0 Å². The second-order valence-electron chi connectivity index (χ2n) is 8.53. The van der Waals surface area contributed by atoms with Crippen LogP contribution in [0, 0.1) is 0 Å². The van der Waals surface area contributed by atoms with Crippen LogP contribution < -0.4 is 5.73 Å². The molecule has 3 aromatic rings. The van der Waals surface area contributed by atoms with E-state index in [9.17, 15) is 9.59 Å². The first-order valence-electron chi connectivity index (χ1n) is 11.5. The molecule has 0 bridgehead atoms. The third-order valence-electron chi connectivity index (χ3n) is 6.07. The van der Waals surface area contributed by atoms with Gasteiger partial charge in [-0.05, 0) is 37.1 Å². The maximum absolute atomic E-state index is 13.3. The van der Waals surface area contributed by atoms with Gasteiger partial charge in [0.1, 0.15) is 0 Å². The third-order valence-corrected chi connectivity index (χ3v) is 6.38. The summed E-state index contributed by atoms with van der Waals surface area (Å²) < 4.78 is 5.26. The molecule has 7 nitrogen and oxygen atoms in total. The number of piperazine rings is 1. The lowest BCUT2D eigenvalue weighted by Gasteiger charge is -2.39. The highest BCUT2D eigenvalue weighted by Crippen LogP contribution is 2.29. The molecule has 2 heterocycles. The minimum atomic E-state index is -0.321. The summed E-state index contributed by atoms with van der Waals surface area (Å²) in [5.74, 6) is -0.0917. The molecule has 34 heavy (non-hydrogen) atoms. The summed E-state index contributed by atoms with van der Waals surface area (Å²) in [6.07, 6.45) is 0.456. The van der Waals surface area contributed by atoms with Gasteiger partial charge in [0.15, 0.2) is 0 Å². The summed E-state index contributed by atoms with van der Waals surface area (Å²) in [5.41, 5.74) is 9.60. The number of ether oxygens (including phenoxy) is 1. The fraction of sp³-hybridized carbons (Fsp3) is 0.346. The maximum Gasteiger partial charge on any atom is 0.410 e. The number of carbonyl (C=O) groups excluding carboxylic acids is 2. The molecule has 4 rings (SSSR count). The molecule has 0 unspecified atom stereocenters. The van der Waals surface area contributed by atoms with Gasteiger partial charge in [-0.25, -0.2) is 9.78 Å². The van der Waals surface area contributed by atoms with Crippen LogP contribution >= 0.6 is 11.6 Å². The predicted molar refractivity (Wildman–Crippen MR) is 134 cm³/mol. The molecule has 2 aromatic carbocycles. The SMILES string of the molecule is CCCOC(=O)N1CCN(C(=O)c2ccc3c(Cl)cc(-c4ccc(CN)cc4)nc3c2)C[C@H]1C. The van der Waals surface area contributed by atoms with Crippen molar-refractivity contribution >= 4 is 34.5 Å². The number of carbonyl (C=O) groups is 2. The Hall–Kier alpha value is -3.16. The predicted octanol–water partition coefficient (Wildman–Crippen LogP) is 4.71. The zero-order chi connectivity index (χ0) is 24.2. The topological polar surface area (TPSA) is 88.8 Å². The number of nitrogens with zero attached hydrogens (tertiary/aromatic N) is 3. The van der Waals surface area contributed by atoms with E-state index in [-0.39, 0.29) is 18.0 Å². The van der Waals surface area contributed by atoms with E-state index < -0.39 is 0 Å². The number of rotatable bonds is 5. The molecular weight excluding hydrogens is 452 g/mol. The number of amides is 2. The van der Waals surface area contributed by atoms with Crippen LogP contribution in [0.2, 0.25) is 5.02 Å². The molecule has 0 saturated carbocycles. The molecule has 1 fully saturated rings. The average Bonchev–Trinajstić information content (AvgIpc) is 2.86. The van der Waals surface area contributed by atoms with Crippen molar-refractivity contribution in [3.8, 4) is 11.3 Å². The van der Waals surface area contributed by atoms with E-state index in [1.807, 2.05) is 50.2 Å². The van der Waals surface area contributed by atoms with E-state index in [0.717, 1.165) is 28.6 Å². The van der Waals surface area contributed by atoms with Gasteiger partial charge in [-0.3, -0.25) is 4.79 Å². The van der Waals surface area contributed by atoms with E-state index >= 15 is 0 Å². The Bertz CT molecular complexity index is 1200. The van der Waals surface area contributed by atoms with Crippen molar-refractivity contribution in [3.05, 3.63) is 64.7 Å². The lowest BCUT2D eigenvalue weighted by molar-refractivity contribution is 0.0412. The molecule has 1 atom stereocenters. The quantitative estimate of drug-likeness (QED) is 0.571. The number of hydrogen-bond donors (Lipinski definition) is 1. The summed E-state index contributed by atoms with van der Waals surface area (Å²) in [7, 11) is 0. The zero-order valence-corrected chi connectivity index (χ0v) is 20.2. The minimum absolute atomic E-state index is 0.0917. The van der Waals surface area contributed by atoms with Gasteiger partial charge in [-0.15, -0.1) is 0 Å². The Balaban J connectivity index is 1.55. The normalized spacial score (nSPS) is 16.1. The van der Waals surface area contributed by atoms with Crippen molar-refractivity contribution in [2.45, 2.75) is 32.9 Å². The van der Waals surface area contributed by atoms with Crippen LogP contribution in [0.1, 0.15) is 36.2 Å². The fourth-order valence-corrected chi connectivity index (χ4v) is 4.41. The minimum Gasteiger partial charge on any atom is -0.449 e. The summed E-state index contributed by atoms with van der Waals surface area (Å²) in [6.45, 7) is 6.09. The van der Waals surface area contributed by atoms with Crippen molar-refractivity contribution in [3.63, 3.8) is 0 Å². The molecule has 2 N–H and O–H groups in total. The highest BCUT2D eigenvalue weighted by atomic mass is 35.5. The largest absolute Gasteiger partial charge is 0.449 e. The zero-order valence-electron chi connectivity index (χ0n) is 19.5. The standard InChI is InChI=1S/C26H29ClN4O3/c1-3-12-34-26(33)31-11-10-30(16-17(31)2)25(32)20-8-9-21-22(27)14-23(29-24(21)13-20)19-6-4-18(15-28)5-7-19/h4-9,13-14,17H,3,10-12,15-16,28H2,1-2H3/t17-/m1/s1. The molecule has 178 valence electrons. The Labute approximate surface area is 204 Å². The molecule has 0 spiro atoms. The molecule has 1 saturated heterocycles. The van der Waals surface area contributed by atoms with Crippen molar-refractivity contribution in [2.75, 3.05) is 26.2 Å². The van der Waals surface area contributed by atoms with Crippen LogP contribution in [0.3, 0.4) is 0 Å². The molecule has 1 aromatic heterocycles. The number of benzene rings is 2. The highest BCUT2D eigenvalue weighted by Gasteiger charge is 2.31. The molecular formula is C26H29ClN4O3. The number of halogens is 1. The second-order valence-corrected chi connectivity index (χ2v) is 8.94. The first-order chi connectivity index (χ1) is 16.4. The van der Waals surface area contributed by atoms with E-state index in [0.29, 0.717) is 48.9 Å². The highest BCUT2D eigenvalue weighted by molar-refractivity contribution is 6.35. The van der Waals surface area contributed by atoms with Crippen molar-refractivity contribution < 1.29 is 14.3 Å². The van der Waals surface area contributed by atoms with Crippen LogP contribution in [0.15, 0.2) is 48.5 Å². The number of fused-ring (bicyclic) bond motifs is 1. The Kier molecular flexibility index (Phi) is 7.34. The van der Waals surface area contributed by atoms with Gasteiger partial charge in [0, 0.05) is 48.7 Å². The summed E-state index contributed by atoms with van der Waals surface area (Å²) >= 11 is 6.55. The van der Waals surface area contributed by atoms with Crippen LogP contribution in [-0.2, 0) is 11.3 Å². The van der Waals surface area contributed by atoms with Crippen molar-refractivity contribution in [2.24, 2.45) is 5.73 Å². The molecule has 1 aliphatic heterocycles. The van der Waals surface area contributed by atoms with Crippen molar-refractivity contribution in [1.29, 1.82) is 0 Å². The summed E-state index contributed by atoms with van der Waals surface area (Å²) in [4.78, 5) is 33.7. The Morgan fingerprint density at radius 2 is 1.91 bits per heavy atom. The van der Waals surface area contributed by atoms with Gasteiger partial charge < -0.3 is 20.3 Å². The molecule has 1 aliphatic rings. The number of nitrogens with two attached hydrogens (primary N) is 1. The first kappa shape index (κ1) is 24.0. The third kappa shape index (κ3) is 5.00. The van der Waals surface area contributed by atoms with E-state index in [4.69, 9.17) is 27.1 Å². The fourth-order valence-electron chi connectivity index (χ4n) is 4.15. The van der Waals surface area contributed by atoms with E-state index in [1.54, 1.807) is 21.9 Å². The molecule has 2 amide bonds. The Morgan fingerprint density at radius 1 is 1.15 bits per heavy atom. The van der Waals surface area contributed by atoms with Gasteiger partial charge in [0.2, 0.25) is 0 Å². The molecule has 0 aliphatic carbocycles. The average molecular weight is 481 g/mol. The first-order valence-corrected chi connectivity index (χ1v) is 11.9. The smallest absolute Gasteiger partial charge is 0.410 e. The van der Waals surface area contributed by atoms with Gasteiger partial charge in [-0.1, -0.05) is 48.9 Å². The summed E-state index contributed by atoms with van der Waals surface area (Å²) in [5, 5.41) is 1.37. The number of hydrogen-bond acceptors (Lipinski definition) is 5.